The highest BCUT2D eigenvalue weighted by molar-refractivity contribution is 8.01. The number of benzene rings is 1. The minimum absolute atomic E-state index is 0.106. The quantitative estimate of drug-likeness (QED) is 0.403. The number of carbonyl (C=O) groups is 2. The maximum absolute atomic E-state index is 12.4. The predicted molar refractivity (Wildman–Crippen MR) is 115 cm³/mol. The third-order valence-corrected chi connectivity index (χ3v) is 6.59. The SMILES string of the molecule is CCCOc1ccc(C2CCC(=O)N2CCSc2nc(C(=O)OCC)cs2)cc1. The van der Waals surface area contributed by atoms with Crippen LogP contribution in [-0.2, 0) is 9.53 Å². The molecule has 0 N–H and O–H groups in total. The summed E-state index contributed by atoms with van der Waals surface area (Å²) >= 11 is 2.99. The number of thioether (sulfide) groups is 1. The Morgan fingerprint density at radius 3 is 2.83 bits per heavy atom. The van der Waals surface area contributed by atoms with E-state index in [4.69, 9.17) is 9.47 Å². The van der Waals surface area contributed by atoms with Crippen LogP contribution < -0.4 is 4.74 Å². The highest BCUT2D eigenvalue weighted by Crippen LogP contribution is 2.34. The molecule has 8 heteroatoms. The summed E-state index contributed by atoms with van der Waals surface area (Å²) in [5.74, 6) is 1.39. The van der Waals surface area contributed by atoms with Gasteiger partial charge in [-0.25, -0.2) is 9.78 Å². The summed E-state index contributed by atoms with van der Waals surface area (Å²) < 4.78 is 11.4. The fraction of sp³-hybridized carbons (Fsp3) is 0.476. The standard InChI is InChI=1S/C21H26N2O4S2/c1-3-12-27-16-7-5-15(6-8-16)18-9-10-19(24)23(18)11-13-28-21-22-17(14-29-21)20(25)26-4-2/h5-8,14,18H,3-4,9-13H2,1-2H3. The monoisotopic (exact) mass is 434 g/mol. The molecule has 3 rings (SSSR count). The Morgan fingerprint density at radius 2 is 2.10 bits per heavy atom. The van der Waals surface area contributed by atoms with Gasteiger partial charge in [-0.05, 0) is 37.5 Å². The summed E-state index contributed by atoms with van der Waals surface area (Å²) in [6.07, 6.45) is 2.39. The molecule has 2 heterocycles. The number of rotatable bonds is 10. The zero-order valence-corrected chi connectivity index (χ0v) is 18.4. The lowest BCUT2D eigenvalue weighted by molar-refractivity contribution is -0.128. The number of carbonyl (C=O) groups excluding carboxylic acids is 2. The third kappa shape index (κ3) is 5.73. The fourth-order valence-electron chi connectivity index (χ4n) is 3.22. The van der Waals surface area contributed by atoms with Gasteiger partial charge in [0.05, 0.1) is 19.3 Å². The van der Waals surface area contributed by atoms with Gasteiger partial charge in [0.1, 0.15) is 5.75 Å². The van der Waals surface area contributed by atoms with Crippen molar-refractivity contribution in [1.29, 1.82) is 0 Å². The fourth-order valence-corrected chi connectivity index (χ4v) is 5.02. The van der Waals surface area contributed by atoms with E-state index in [9.17, 15) is 9.59 Å². The van der Waals surface area contributed by atoms with Gasteiger partial charge in [-0.1, -0.05) is 30.8 Å². The Balaban J connectivity index is 1.55. The zero-order valence-electron chi connectivity index (χ0n) is 16.8. The van der Waals surface area contributed by atoms with Crippen molar-refractivity contribution < 1.29 is 19.1 Å². The molecule has 1 saturated heterocycles. The largest absolute Gasteiger partial charge is 0.494 e. The van der Waals surface area contributed by atoms with Crippen molar-refractivity contribution in [2.24, 2.45) is 0 Å². The van der Waals surface area contributed by atoms with Crippen LogP contribution in [0.15, 0.2) is 34.0 Å². The van der Waals surface area contributed by atoms with Crippen molar-refractivity contribution in [1.82, 2.24) is 9.88 Å². The smallest absolute Gasteiger partial charge is 0.357 e. The molecule has 0 saturated carbocycles. The molecule has 1 aromatic heterocycles. The van der Waals surface area contributed by atoms with Gasteiger partial charge in [-0.15, -0.1) is 11.3 Å². The molecular weight excluding hydrogens is 408 g/mol. The van der Waals surface area contributed by atoms with Crippen LogP contribution in [0, 0.1) is 0 Å². The maximum atomic E-state index is 12.4. The topological polar surface area (TPSA) is 68.7 Å². The van der Waals surface area contributed by atoms with Crippen LogP contribution in [0.25, 0.3) is 0 Å². The van der Waals surface area contributed by atoms with E-state index in [0.717, 1.165) is 34.2 Å². The number of aromatic nitrogens is 1. The highest BCUT2D eigenvalue weighted by atomic mass is 32.2. The van der Waals surface area contributed by atoms with Crippen LogP contribution in [0.2, 0.25) is 0 Å². The zero-order chi connectivity index (χ0) is 20.6. The van der Waals surface area contributed by atoms with E-state index in [1.807, 2.05) is 17.0 Å². The number of nitrogens with zero attached hydrogens (tertiary/aromatic N) is 2. The first kappa shape index (κ1) is 21.6. The first-order valence-electron chi connectivity index (χ1n) is 9.90. The lowest BCUT2D eigenvalue weighted by Crippen LogP contribution is -2.29. The molecule has 1 amide bonds. The summed E-state index contributed by atoms with van der Waals surface area (Å²) in [5, 5.41) is 1.71. The second-order valence-electron chi connectivity index (χ2n) is 6.63. The number of thiazole rings is 1. The molecule has 1 aromatic carbocycles. The summed E-state index contributed by atoms with van der Waals surface area (Å²) in [4.78, 5) is 30.4. The average molecular weight is 435 g/mol. The van der Waals surface area contributed by atoms with E-state index in [-0.39, 0.29) is 11.9 Å². The van der Waals surface area contributed by atoms with Crippen molar-refractivity contribution in [3.05, 3.63) is 40.9 Å². The van der Waals surface area contributed by atoms with E-state index in [1.54, 1.807) is 24.1 Å². The van der Waals surface area contributed by atoms with Gasteiger partial charge >= 0.3 is 5.97 Å². The Morgan fingerprint density at radius 1 is 1.31 bits per heavy atom. The number of esters is 1. The molecule has 0 radical (unpaired) electrons. The lowest BCUT2D eigenvalue weighted by atomic mass is 10.0. The van der Waals surface area contributed by atoms with Crippen molar-refractivity contribution in [2.45, 2.75) is 43.5 Å². The number of likely N-dealkylation sites (tertiary alicyclic amines) is 1. The van der Waals surface area contributed by atoms with Crippen LogP contribution in [0.1, 0.15) is 55.2 Å². The normalized spacial score (nSPS) is 16.3. The number of hydrogen-bond acceptors (Lipinski definition) is 7. The van der Waals surface area contributed by atoms with Gasteiger partial charge in [0, 0.05) is 24.1 Å². The molecule has 0 aliphatic carbocycles. The average Bonchev–Trinajstić information content (AvgIpc) is 3.34. The van der Waals surface area contributed by atoms with Crippen molar-refractivity contribution >= 4 is 35.0 Å². The second kappa shape index (κ2) is 10.6. The maximum Gasteiger partial charge on any atom is 0.357 e. The van der Waals surface area contributed by atoms with Crippen molar-refractivity contribution in [3.8, 4) is 5.75 Å². The Hall–Kier alpha value is -2.06. The molecule has 0 spiro atoms. The Kier molecular flexibility index (Phi) is 7.94. The van der Waals surface area contributed by atoms with Crippen LogP contribution in [0.3, 0.4) is 0 Å². The number of ether oxygens (including phenoxy) is 2. The van der Waals surface area contributed by atoms with Gasteiger partial charge in [0.25, 0.3) is 0 Å². The Bertz CT molecular complexity index is 822. The van der Waals surface area contributed by atoms with Crippen LogP contribution in [0.4, 0.5) is 0 Å². The summed E-state index contributed by atoms with van der Waals surface area (Å²) in [6.45, 7) is 5.55. The second-order valence-corrected chi connectivity index (χ2v) is 8.83. The number of amides is 1. The summed E-state index contributed by atoms with van der Waals surface area (Å²) in [6, 6.07) is 8.18. The molecule has 2 aromatic rings. The molecule has 0 bridgehead atoms. The molecule has 1 atom stereocenters. The predicted octanol–water partition coefficient (Wildman–Crippen LogP) is 4.56. The van der Waals surface area contributed by atoms with E-state index >= 15 is 0 Å². The molecule has 29 heavy (non-hydrogen) atoms. The summed E-state index contributed by atoms with van der Waals surface area (Å²) in [7, 11) is 0. The van der Waals surface area contributed by atoms with Gasteiger partial charge in [0.15, 0.2) is 10.0 Å². The molecule has 156 valence electrons. The molecule has 1 unspecified atom stereocenters. The third-order valence-electron chi connectivity index (χ3n) is 4.59. The lowest BCUT2D eigenvalue weighted by Gasteiger charge is -2.25. The van der Waals surface area contributed by atoms with Gasteiger partial charge in [-0.2, -0.15) is 0 Å². The Labute approximate surface area is 179 Å². The molecular formula is C21H26N2O4S2. The van der Waals surface area contributed by atoms with Crippen LogP contribution in [-0.4, -0.2) is 47.3 Å². The minimum atomic E-state index is -0.392. The van der Waals surface area contributed by atoms with E-state index in [2.05, 4.69) is 24.0 Å². The number of hydrogen-bond donors (Lipinski definition) is 0. The van der Waals surface area contributed by atoms with E-state index in [0.29, 0.717) is 31.9 Å². The van der Waals surface area contributed by atoms with Crippen molar-refractivity contribution in [3.63, 3.8) is 0 Å². The first-order chi connectivity index (χ1) is 14.1. The molecule has 1 aliphatic rings. The molecule has 1 fully saturated rings. The van der Waals surface area contributed by atoms with Gasteiger partial charge in [0.2, 0.25) is 5.91 Å². The van der Waals surface area contributed by atoms with Gasteiger partial charge < -0.3 is 14.4 Å². The van der Waals surface area contributed by atoms with Gasteiger partial charge in [-0.3, -0.25) is 4.79 Å². The first-order valence-corrected chi connectivity index (χ1v) is 11.8. The molecule has 6 nitrogen and oxygen atoms in total. The van der Waals surface area contributed by atoms with Crippen LogP contribution >= 0.6 is 23.1 Å². The van der Waals surface area contributed by atoms with Crippen LogP contribution in [0.5, 0.6) is 5.75 Å². The summed E-state index contributed by atoms with van der Waals surface area (Å²) in [5.41, 5.74) is 1.49. The van der Waals surface area contributed by atoms with E-state index in [1.165, 1.54) is 11.3 Å². The molecule has 1 aliphatic heterocycles. The van der Waals surface area contributed by atoms with Crippen molar-refractivity contribution in [2.75, 3.05) is 25.5 Å². The van der Waals surface area contributed by atoms with E-state index < -0.39 is 5.97 Å². The highest BCUT2D eigenvalue weighted by Gasteiger charge is 2.31. The minimum Gasteiger partial charge on any atom is -0.494 e.